The van der Waals surface area contributed by atoms with Crippen molar-refractivity contribution in [3.05, 3.63) is 28.2 Å². The minimum absolute atomic E-state index is 0.120. The highest BCUT2D eigenvalue weighted by atomic mass is 79.9. The van der Waals surface area contributed by atoms with Crippen molar-refractivity contribution >= 4 is 27.5 Å². The minimum atomic E-state index is -4.45. The molecule has 1 aliphatic rings. The summed E-state index contributed by atoms with van der Waals surface area (Å²) in [5.41, 5.74) is 4.37. The van der Waals surface area contributed by atoms with Crippen molar-refractivity contribution < 1.29 is 18.0 Å². The molecule has 2 rings (SSSR count). The van der Waals surface area contributed by atoms with Gasteiger partial charge in [-0.2, -0.15) is 13.2 Å². The van der Waals surface area contributed by atoms with Gasteiger partial charge >= 0.3 is 6.18 Å². The molecule has 0 atom stereocenters. The molecule has 1 aromatic carbocycles. The van der Waals surface area contributed by atoms with Gasteiger partial charge in [0.2, 0.25) is 5.91 Å². The Morgan fingerprint density at radius 2 is 1.95 bits per heavy atom. The number of nitrogens with two attached hydrogens (primary N) is 1. The number of benzene rings is 1. The third-order valence-corrected chi connectivity index (χ3v) is 4.67. The van der Waals surface area contributed by atoms with Gasteiger partial charge in [0.05, 0.1) is 16.7 Å². The highest BCUT2D eigenvalue weighted by Crippen LogP contribution is 2.39. The summed E-state index contributed by atoms with van der Waals surface area (Å²) in [7, 11) is 0. The van der Waals surface area contributed by atoms with Crippen LogP contribution in [0.3, 0.4) is 0 Å². The molecule has 3 N–H and O–H groups in total. The molecule has 7 heteroatoms. The van der Waals surface area contributed by atoms with Crippen LogP contribution in [0.5, 0.6) is 0 Å². The number of rotatable bonds is 3. The molecular weight excluding hydrogens is 349 g/mol. The molecule has 1 aromatic rings. The van der Waals surface area contributed by atoms with E-state index in [-0.39, 0.29) is 18.1 Å². The summed E-state index contributed by atoms with van der Waals surface area (Å²) in [6.07, 6.45) is -1.28. The molecule has 1 fully saturated rings. The van der Waals surface area contributed by atoms with Crippen molar-refractivity contribution in [2.45, 2.75) is 31.9 Å². The Kier molecular flexibility index (Phi) is 4.63. The molecule has 3 nitrogen and oxygen atoms in total. The van der Waals surface area contributed by atoms with Crippen molar-refractivity contribution in [1.82, 2.24) is 0 Å². The molecule has 0 aliphatic heterocycles. The van der Waals surface area contributed by atoms with Crippen LogP contribution in [0.1, 0.15) is 31.2 Å². The molecule has 0 unspecified atom stereocenters. The van der Waals surface area contributed by atoms with Gasteiger partial charge in [-0.05, 0) is 47.0 Å². The van der Waals surface area contributed by atoms with Crippen molar-refractivity contribution in [2.24, 2.45) is 11.1 Å². The monoisotopic (exact) mass is 364 g/mol. The Morgan fingerprint density at radius 3 is 2.48 bits per heavy atom. The second-order valence-corrected chi connectivity index (χ2v) is 6.19. The number of halogens is 4. The molecule has 21 heavy (non-hydrogen) atoms. The maximum Gasteiger partial charge on any atom is 0.416 e. The summed E-state index contributed by atoms with van der Waals surface area (Å²) in [4.78, 5) is 12.4. The van der Waals surface area contributed by atoms with E-state index >= 15 is 0 Å². The first-order chi connectivity index (χ1) is 9.78. The normalized spacial score (nSPS) is 17.8. The van der Waals surface area contributed by atoms with Gasteiger partial charge < -0.3 is 11.1 Å². The zero-order chi connectivity index (χ0) is 15.7. The first kappa shape index (κ1) is 16.3. The zero-order valence-electron chi connectivity index (χ0n) is 11.3. The van der Waals surface area contributed by atoms with Gasteiger partial charge in [0, 0.05) is 11.0 Å². The Bertz CT molecular complexity index is 540. The highest BCUT2D eigenvalue weighted by Gasteiger charge is 2.40. The van der Waals surface area contributed by atoms with Gasteiger partial charge in [-0.1, -0.05) is 12.8 Å². The lowest BCUT2D eigenvalue weighted by Crippen LogP contribution is -2.40. The van der Waals surface area contributed by atoms with E-state index in [1.807, 2.05) is 0 Å². The number of alkyl halides is 3. The fraction of sp³-hybridized carbons (Fsp3) is 0.500. The molecule has 0 aromatic heterocycles. The van der Waals surface area contributed by atoms with E-state index in [1.54, 1.807) is 0 Å². The van der Waals surface area contributed by atoms with Crippen LogP contribution < -0.4 is 11.1 Å². The number of hydrogen-bond donors (Lipinski definition) is 2. The second kappa shape index (κ2) is 5.96. The topological polar surface area (TPSA) is 55.1 Å². The summed E-state index contributed by atoms with van der Waals surface area (Å²) in [5.74, 6) is -0.303. The number of carbonyl (C=O) groups excluding carboxylic acids is 1. The average Bonchev–Trinajstić information content (AvgIpc) is 2.90. The number of carbonyl (C=O) groups is 1. The summed E-state index contributed by atoms with van der Waals surface area (Å²) in [6.45, 7) is 0.204. The summed E-state index contributed by atoms with van der Waals surface area (Å²) < 4.78 is 38.6. The SMILES string of the molecule is NCC1(C(=O)Nc2cc(C(F)(F)F)ccc2Br)CCCC1. The number of nitrogens with one attached hydrogen (secondary N) is 1. The Hall–Kier alpha value is -1.08. The van der Waals surface area contributed by atoms with Crippen molar-refractivity contribution in [3.63, 3.8) is 0 Å². The van der Waals surface area contributed by atoms with Crippen LogP contribution in [0, 0.1) is 5.41 Å². The Labute approximate surface area is 129 Å². The van der Waals surface area contributed by atoms with Crippen LogP contribution in [-0.2, 0) is 11.0 Å². The van der Waals surface area contributed by atoms with Crippen LogP contribution >= 0.6 is 15.9 Å². The van der Waals surface area contributed by atoms with Gasteiger partial charge in [-0.15, -0.1) is 0 Å². The number of hydrogen-bond acceptors (Lipinski definition) is 2. The van der Waals surface area contributed by atoms with E-state index in [0.717, 1.165) is 25.0 Å². The molecule has 0 heterocycles. The fourth-order valence-corrected chi connectivity index (χ4v) is 2.97. The number of anilines is 1. The van der Waals surface area contributed by atoms with Gasteiger partial charge in [-0.25, -0.2) is 0 Å². The lowest BCUT2D eigenvalue weighted by Gasteiger charge is -2.26. The maximum absolute atomic E-state index is 12.7. The van der Waals surface area contributed by atoms with Gasteiger partial charge in [0.1, 0.15) is 0 Å². The first-order valence-electron chi connectivity index (χ1n) is 6.67. The third-order valence-electron chi connectivity index (χ3n) is 3.97. The quantitative estimate of drug-likeness (QED) is 0.853. The lowest BCUT2D eigenvalue weighted by molar-refractivity contribution is -0.137. The van der Waals surface area contributed by atoms with Crippen molar-refractivity contribution in [1.29, 1.82) is 0 Å². The zero-order valence-corrected chi connectivity index (χ0v) is 12.9. The average molecular weight is 365 g/mol. The van der Waals surface area contributed by atoms with Crippen LogP contribution in [0.2, 0.25) is 0 Å². The van der Waals surface area contributed by atoms with E-state index in [4.69, 9.17) is 5.73 Å². The van der Waals surface area contributed by atoms with Crippen LogP contribution in [0.15, 0.2) is 22.7 Å². The molecule has 0 spiro atoms. The summed E-state index contributed by atoms with van der Waals surface area (Å²) >= 11 is 3.16. The van der Waals surface area contributed by atoms with Crippen LogP contribution in [-0.4, -0.2) is 12.5 Å². The molecule has 1 amide bonds. The smallest absolute Gasteiger partial charge is 0.329 e. The Morgan fingerprint density at radius 1 is 1.33 bits per heavy atom. The van der Waals surface area contributed by atoms with E-state index in [1.165, 1.54) is 6.07 Å². The number of amides is 1. The largest absolute Gasteiger partial charge is 0.416 e. The first-order valence-corrected chi connectivity index (χ1v) is 7.46. The molecule has 0 radical (unpaired) electrons. The second-order valence-electron chi connectivity index (χ2n) is 5.34. The molecule has 116 valence electrons. The third kappa shape index (κ3) is 3.40. The van der Waals surface area contributed by atoms with E-state index in [2.05, 4.69) is 21.2 Å². The summed E-state index contributed by atoms with van der Waals surface area (Å²) in [6, 6.07) is 3.18. The Balaban J connectivity index is 2.25. The minimum Gasteiger partial charge on any atom is -0.329 e. The molecule has 1 aliphatic carbocycles. The van der Waals surface area contributed by atoms with Gasteiger partial charge in [0.15, 0.2) is 0 Å². The van der Waals surface area contributed by atoms with E-state index in [0.29, 0.717) is 17.3 Å². The molecular formula is C14H16BrF3N2O. The van der Waals surface area contributed by atoms with E-state index < -0.39 is 17.2 Å². The standard InChI is InChI=1S/C14H16BrF3N2O/c15-10-4-3-9(14(16,17)18)7-11(10)20-12(21)13(8-19)5-1-2-6-13/h3-4,7H,1-2,5-6,8,19H2,(H,20,21). The molecule has 0 bridgehead atoms. The fourth-order valence-electron chi connectivity index (χ4n) is 2.63. The lowest BCUT2D eigenvalue weighted by atomic mass is 9.85. The van der Waals surface area contributed by atoms with Crippen LogP contribution in [0.25, 0.3) is 0 Å². The maximum atomic E-state index is 12.7. The van der Waals surface area contributed by atoms with E-state index in [9.17, 15) is 18.0 Å². The molecule has 0 saturated heterocycles. The van der Waals surface area contributed by atoms with Crippen LogP contribution in [0.4, 0.5) is 18.9 Å². The molecule has 1 saturated carbocycles. The van der Waals surface area contributed by atoms with Crippen molar-refractivity contribution in [3.8, 4) is 0 Å². The highest BCUT2D eigenvalue weighted by molar-refractivity contribution is 9.10. The van der Waals surface area contributed by atoms with Crippen molar-refractivity contribution in [2.75, 3.05) is 11.9 Å². The van der Waals surface area contributed by atoms with Gasteiger partial charge in [0.25, 0.3) is 0 Å². The summed E-state index contributed by atoms with van der Waals surface area (Å²) in [5, 5.41) is 2.59. The predicted molar refractivity (Wildman–Crippen MR) is 77.7 cm³/mol. The predicted octanol–water partition coefficient (Wildman–Crippen LogP) is 3.93. The van der Waals surface area contributed by atoms with Gasteiger partial charge in [-0.3, -0.25) is 4.79 Å².